The lowest BCUT2D eigenvalue weighted by Gasteiger charge is -2.13. The fourth-order valence-electron chi connectivity index (χ4n) is 1.40. The molecule has 100 valence electrons. The first-order chi connectivity index (χ1) is 8.27. The molecular weight excluding hydrogens is 256 g/mol. The summed E-state index contributed by atoms with van der Waals surface area (Å²) in [4.78, 5) is 10.8. The predicted molar refractivity (Wildman–Crippen MR) is 68.1 cm³/mol. The molecule has 0 amide bonds. The summed E-state index contributed by atoms with van der Waals surface area (Å²) in [7, 11) is -2.22. The molecule has 0 bridgehead atoms. The summed E-state index contributed by atoms with van der Waals surface area (Å²) in [6.07, 6.45) is 0. The molecule has 0 aromatic heterocycles. The molecule has 1 rings (SSSR count). The van der Waals surface area contributed by atoms with Crippen molar-refractivity contribution in [2.24, 2.45) is 0 Å². The van der Waals surface area contributed by atoms with Crippen LogP contribution in [0.15, 0.2) is 23.1 Å². The molecule has 3 N–H and O–H groups in total. The van der Waals surface area contributed by atoms with Crippen LogP contribution in [0.2, 0.25) is 0 Å². The van der Waals surface area contributed by atoms with E-state index in [9.17, 15) is 13.2 Å². The molecule has 0 aliphatic rings. The summed E-state index contributed by atoms with van der Waals surface area (Å²) < 4.78 is 25.7. The Kier molecular flexibility index (Phi) is 4.31. The van der Waals surface area contributed by atoms with Crippen LogP contribution in [-0.4, -0.2) is 32.6 Å². The lowest BCUT2D eigenvalue weighted by Crippen LogP contribution is -2.26. The maximum absolute atomic E-state index is 11.7. The molecule has 0 radical (unpaired) electrons. The second-order valence-corrected chi connectivity index (χ2v) is 5.75. The number of aliphatic carboxylic acids is 1. The summed E-state index contributed by atoms with van der Waals surface area (Å²) in [5.74, 6) is -1.01. The molecule has 1 aromatic carbocycles. The average molecular weight is 272 g/mol. The molecule has 7 heteroatoms. The number of rotatable bonds is 5. The van der Waals surface area contributed by atoms with Gasteiger partial charge in [0.05, 0.1) is 4.90 Å². The Morgan fingerprint density at radius 2 is 2.00 bits per heavy atom. The van der Waals surface area contributed by atoms with Gasteiger partial charge in [0.1, 0.15) is 6.04 Å². The number of nitrogens with one attached hydrogen (secondary N) is 2. The van der Waals surface area contributed by atoms with Crippen molar-refractivity contribution in [3.8, 4) is 0 Å². The lowest BCUT2D eigenvalue weighted by atomic mass is 10.2. The van der Waals surface area contributed by atoms with E-state index in [1.165, 1.54) is 20.0 Å². The predicted octanol–water partition coefficient (Wildman–Crippen LogP) is 0.788. The van der Waals surface area contributed by atoms with Crippen LogP contribution < -0.4 is 10.0 Å². The van der Waals surface area contributed by atoms with Crippen LogP contribution >= 0.6 is 0 Å². The number of sulfonamides is 1. The molecule has 1 aromatic rings. The Morgan fingerprint density at radius 3 is 2.50 bits per heavy atom. The maximum Gasteiger partial charge on any atom is 0.325 e. The third-order valence-corrected chi connectivity index (χ3v) is 4.06. The zero-order chi connectivity index (χ0) is 13.9. The zero-order valence-corrected chi connectivity index (χ0v) is 11.2. The van der Waals surface area contributed by atoms with Crippen molar-refractivity contribution in [3.63, 3.8) is 0 Å². The van der Waals surface area contributed by atoms with Crippen molar-refractivity contribution in [1.29, 1.82) is 0 Å². The maximum atomic E-state index is 11.7. The molecule has 0 aliphatic heterocycles. The standard InChI is InChI=1S/C11H16N2O4S/c1-7-4-5-9(13-8(2)11(14)15)6-10(7)18(16,17)12-3/h4-6,8,12-13H,1-3H3,(H,14,15). The minimum atomic E-state index is -3.54. The molecule has 0 saturated carbocycles. The number of carbonyl (C=O) groups is 1. The van der Waals surface area contributed by atoms with Crippen molar-refractivity contribution in [2.75, 3.05) is 12.4 Å². The highest BCUT2D eigenvalue weighted by Crippen LogP contribution is 2.20. The van der Waals surface area contributed by atoms with Gasteiger partial charge in [-0.05, 0) is 38.6 Å². The number of carboxylic acid groups (broad SMARTS) is 1. The summed E-state index contributed by atoms with van der Waals surface area (Å²) in [5, 5.41) is 11.5. The van der Waals surface area contributed by atoms with Gasteiger partial charge in [0.25, 0.3) is 0 Å². The SMILES string of the molecule is CNS(=O)(=O)c1cc(NC(C)C(=O)O)ccc1C. The van der Waals surface area contributed by atoms with Crippen LogP contribution in [0.25, 0.3) is 0 Å². The Morgan fingerprint density at radius 1 is 1.39 bits per heavy atom. The highest BCUT2D eigenvalue weighted by atomic mass is 32.2. The second kappa shape index (κ2) is 5.36. The van der Waals surface area contributed by atoms with E-state index in [-0.39, 0.29) is 4.90 Å². The molecule has 0 spiro atoms. The minimum Gasteiger partial charge on any atom is -0.480 e. The number of hydrogen-bond acceptors (Lipinski definition) is 4. The van der Waals surface area contributed by atoms with E-state index in [0.717, 1.165) is 0 Å². The van der Waals surface area contributed by atoms with E-state index in [2.05, 4.69) is 10.0 Å². The van der Waals surface area contributed by atoms with Crippen LogP contribution in [0.5, 0.6) is 0 Å². The van der Waals surface area contributed by atoms with Crippen molar-refractivity contribution in [2.45, 2.75) is 24.8 Å². The fraction of sp³-hybridized carbons (Fsp3) is 0.364. The van der Waals surface area contributed by atoms with Gasteiger partial charge >= 0.3 is 5.97 Å². The quantitative estimate of drug-likeness (QED) is 0.736. The lowest BCUT2D eigenvalue weighted by molar-refractivity contribution is -0.137. The first-order valence-electron chi connectivity index (χ1n) is 5.31. The van der Waals surface area contributed by atoms with Gasteiger partial charge in [-0.3, -0.25) is 4.79 Å². The number of carboxylic acids is 1. The first-order valence-corrected chi connectivity index (χ1v) is 6.80. The number of benzene rings is 1. The third kappa shape index (κ3) is 3.21. The fourth-order valence-corrected chi connectivity index (χ4v) is 2.40. The van der Waals surface area contributed by atoms with Crippen LogP contribution in [0.1, 0.15) is 12.5 Å². The summed E-state index contributed by atoms with van der Waals surface area (Å²) >= 11 is 0. The smallest absolute Gasteiger partial charge is 0.325 e. The van der Waals surface area contributed by atoms with Gasteiger partial charge in [-0.25, -0.2) is 13.1 Å². The number of anilines is 1. The van der Waals surface area contributed by atoms with Crippen molar-refractivity contribution in [3.05, 3.63) is 23.8 Å². The van der Waals surface area contributed by atoms with Gasteiger partial charge in [0, 0.05) is 5.69 Å². The van der Waals surface area contributed by atoms with Crippen molar-refractivity contribution in [1.82, 2.24) is 4.72 Å². The summed E-state index contributed by atoms with van der Waals surface area (Å²) in [6, 6.07) is 3.89. The Balaban J connectivity index is 3.13. The Bertz CT molecular complexity index is 554. The van der Waals surface area contributed by atoms with Crippen LogP contribution in [-0.2, 0) is 14.8 Å². The molecule has 6 nitrogen and oxygen atoms in total. The van der Waals surface area contributed by atoms with Gasteiger partial charge in [0.15, 0.2) is 0 Å². The van der Waals surface area contributed by atoms with Crippen LogP contribution in [0.3, 0.4) is 0 Å². The normalized spacial score (nSPS) is 13.1. The average Bonchev–Trinajstić information content (AvgIpc) is 2.31. The molecular formula is C11H16N2O4S. The number of aryl methyl sites for hydroxylation is 1. The third-order valence-electron chi connectivity index (χ3n) is 2.50. The van der Waals surface area contributed by atoms with E-state index in [4.69, 9.17) is 5.11 Å². The highest BCUT2D eigenvalue weighted by molar-refractivity contribution is 7.89. The summed E-state index contributed by atoms with van der Waals surface area (Å²) in [5.41, 5.74) is 1.04. The van der Waals surface area contributed by atoms with E-state index >= 15 is 0 Å². The molecule has 0 aliphatic carbocycles. The molecule has 18 heavy (non-hydrogen) atoms. The molecule has 1 unspecified atom stereocenters. The van der Waals surface area contributed by atoms with Crippen LogP contribution in [0.4, 0.5) is 5.69 Å². The van der Waals surface area contributed by atoms with Crippen LogP contribution in [0, 0.1) is 6.92 Å². The van der Waals surface area contributed by atoms with Gasteiger partial charge in [-0.2, -0.15) is 0 Å². The van der Waals surface area contributed by atoms with Gasteiger partial charge in [-0.15, -0.1) is 0 Å². The largest absolute Gasteiger partial charge is 0.480 e. The molecule has 1 atom stereocenters. The molecule has 0 saturated heterocycles. The minimum absolute atomic E-state index is 0.132. The van der Waals surface area contributed by atoms with E-state index in [0.29, 0.717) is 11.3 Å². The second-order valence-electron chi connectivity index (χ2n) is 3.89. The zero-order valence-electron chi connectivity index (χ0n) is 10.4. The number of hydrogen-bond donors (Lipinski definition) is 3. The van der Waals surface area contributed by atoms with Gasteiger partial charge in [-0.1, -0.05) is 6.07 Å². The van der Waals surface area contributed by atoms with Crippen molar-refractivity contribution >= 4 is 21.7 Å². The van der Waals surface area contributed by atoms with E-state index < -0.39 is 22.0 Å². The first kappa shape index (κ1) is 14.5. The Labute approximate surface area is 106 Å². The van der Waals surface area contributed by atoms with Gasteiger partial charge in [0.2, 0.25) is 10.0 Å². The van der Waals surface area contributed by atoms with E-state index in [1.54, 1.807) is 19.1 Å². The monoisotopic (exact) mass is 272 g/mol. The Hall–Kier alpha value is -1.60. The summed E-state index contributed by atoms with van der Waals surface area (Å²) in [6.45, 7) is 3.16. The van der Waals surface area contributed by atoms with Crippen molar-refractivity contribution < 1.29 is 18.3 Å². The van der Waals surface area contributed by atoms with Gasteiger partial charge < -0.3 is 10.4 Å². The molecule has 0 fully saturated rings. The molecule has 0 heterocycles. The van der Waals surface area contributed by atoms with E-state index in [1.807, 2.05) is 0 Å². The topological polar surface area (TPSA) is 95.5 Å². The highest BCUT2D eigenvalue weighted by Gasteiger charge is 2.16.